The van der Waals surface area contributed by atoms with Crippen LogP contribution in [0.4, 0.5) is 0 Å². The summed E-state index contributed by atoms with van der Waals surface area (Å²) in [5, 5.41) is 0. The zero-order valence-electron chi connectivity index (χ0n) is 7.71. The fourth-order valence-electron chi connectivity index (χ4n) is 1.20. The highest BCUT2D eigenvalue weighted by atomic mass is 16.1. The molecule has 1 unspecified atom stereocenters. The third-order valence-electron chi connectivity index (χ3n) is 2.20. The number of allylic oxidation sites excluding steroid dienone is 1. The van der Waals surface area contributed by atoms with Crippen LogP contribution in [0.3, 0.4) is 0 Å². The molecule has 2 heteroatoms. The predicted octanol–water partition coefficient (Wildman–Crippen LogP) is 2.35. The van der Waals surface area contributed by atoms with Crippen molar-refractivity contribution in [3.8, 4) is 0 Å². The number of carbonyl (C=O) groups excluding carboxylic acids is 1. The molecule has 1 aliphatic heterocycles. The summed E-state index contributed by atoms with van der Waals surface area (Å²) >= 11 is 0. The molecule has 0 spiro atoms. The lowest BCUT2D eigenvalue weighted by molar-refractivity contribution is -0.120. The standard InChI is InChI=1S/C10H15NO/c1-8(9(2)12)7-10-5-3-4-6-11-10/h4,6,8H,3,5,7H2,1-2H3. The molecule has 0 aromatic carbocycles. The Bertz CT molecular complexity index is 228. The molecule has 1 rings (SSSR count). The van der Waals surface area contributed by atoms with Crippen molar-refractivity contribution in [3.63, 3.8) is 0 Å². The summed E-state index contributed by atoms with van der Waals surface area (Å²) in [6.45, 7) is 3.60. The number of hydrogen-bond acceptors (Lipinski definition) is 2. The van der Waals surface area contributed by atoms with Gasteiger partial charge in [-0.3, -0.25) is 9.79 Å². The lowest BCUT2D eigenvalue weighted by atomic mass is 9.97. The van der Waals surface area contributed by atoms with E-state index in [-0.39, 0.29) is 11.7 Å². The maximum absolute atomic E-state index is 10.9. The second-order valence-electron chi connectivity index (χ2n) is 3.33. The average Bonchev–Trinajstić information content (AvgIpc) is 2.06. The normalized spacial score (nSPS) is 18.7. The van der Waals surface area contributed by atoms with Crippen LogP contribution < -0.4 is 0 Å². The first-order valence-electron chi connectivity index (χ1n) is 4.41. The third-order valence-corrected chi connectivity index (χ3v) is 2.20. The second kappa shape index (κ2) is 4.19. The molecule has 0 aromatic heterocycles. The molecule has 0 aromatic rings. The fourth-order valence-corrected chi connectivity index (χ4v) is 1.20. The molecule has 0 amide bonds. The monoisotopic (exact) mass is 165 g/mol. The summed E-state index contributed by atoms with van der Waals surface area (Å²) in [6.07, 6.45) is 6.82. The molecule has 0 radical (unpaired) electrons. The van der Waals surface area contributed by atoms with Crippen LogP contribution in [0.1, 0.15) is 33.1 Å². The van der Waals surface area contributed by atoms with E-state index in [1.54, 1.807) is 6.92 Å². The van der Waals surface area contributed by atoms with Gasteiger partial charge in [0.25, 0.3) is 0 Å². The van der Waals surface area contributed by atoms with E-state index in [9.17, 15) is 4.79 Å². The van der Waals surface area contributed by atoms with Gasteiger partial charge in [0.2, 0.25) is 0 Å². The van der Waals surface area contributed by atoms with Gasteiger partial charge in [-0.2, -0.15) is 0 Å². The number of carbonyl (C=O) groups is 1. The smallest absolute Gasteiger partial charge is 0.133 e. The fraction of sp³-hybridized carbons (Fsp3) is 0.600. The molecule has 0 fully saturated rings. The lowest BCUT2D eigenvalue weighted by Gasteiger charge is -2.10. The van der Waals surface area contributed by atoms with Crippen molar-refractivity contribution >= 4 is 11.5 Å². The molecular formula is C10H15NO. The molecule has 12 heavy (non-hydrogen) atoms. The zero-order chi connectivity index (χ0) is 8.97. The Morgan fingerprint density at radius 3 is 3.00 bits per heavy atom. The number of aliphatic imine (C=N–C) groups is 1. The first kappa shape index (κ1) is 9.17. The first-order chi connectivity index (χ1) is 5.70. The quantitative estimate of drug-likeness (QED) is 0.631. The Labute approximate surface area is 73.4 Å². The van der Waals surface area contributed by atoms with E-state index in [0.29, 0.717) is 0 Å². The van der Waals surface area contributed by atoms with Gasteiger partial charge >= 0.3 is 0 Å². The van der Waals surface area contributed by atoms with Crippen molar-refractivity contribution < 1.29 is 4.79 Å². The number of rotatable bonds is 3. The largest absolute Gasteiger partial charge is 0.300 e. The number of ketones is 1. The van der Waals surface area contributed by atoms with Crippen molar-refractivity contribution in [1.82, 2.24) is 0 Å². The number of nitrogens with zero attached hydrogens (tertiary/aromatic N) is 1. The van der Waals surface area contributed by atoms with Gasteiger partial charge in [0.1, 0.15) is 5.78 Å². The Kier molecular flexibility index (Phi) is 3.20. The SMILES string of the molecule is CC(=O)C(C)CC1=NC=CCC1. The van der Waals surface area contributed by atoms with Crippen LogP contribution in [0.25, 0.3) is 0 Å². The van der Waals surface area contributed by atoms with E-state index in [4.69, 9.17) is 0 Å². The van der Waals surface area contributed by atoms with Crippen LogP contribution in [-0.2, 0) is 4.79 Å². The molecule has 66 valence electrons. The molecule has 2 nitrogen and oxygen atoms in total. The van der Waals surface area contributed by atoms with Crippen LogP contribution in [-0.4, -0.2) is 11.5 Å². The maximum atomic E-state index is 10.9. The van der Waals surface area contributed by atoms with Crippen molar-refractivity contribution in [3.05, 3.63) is 12.3 Å². The zero-order valence-corrected chi connectivity index (χ0v) is 7.71. The van der Waals surface area contributed by atoms with Gasteiger partial charge in [0.15, 0.2) is 0 Å². The molecule has 0 saturated heterocycles. The minimum Gasteiger partial charge on any atom is -0.300 e. The van der Waals surface area contributed by atoms with Gasteiger partial charge in [-0.1, -0.05) is 13.0 Å². The van der Waals surface area contributed by atoms with Crippen LogP contribution in [0.2, 0.25) is 0 Å². The van der Waals surface area contributed by atoms with Crippen molar-refractivity contribution in [2.45, 2.75) is 33.1 Å². The van der Waals surface area contributed by atoms with Gasteiger partial charge in [0.05, 0.1) is 0 Å². The highest BCUT2D eigenvalue weighted by Gasteiger charge is 2.11. The first-order valence-corrected chi connectivity index (χ1v) is 4.41. The summed E-state index contributed by atoms with van der Waals surface area (Å²) in [5.74, 6) is 0.391. The molecule has 1 atom stereocenters. The van der Waals surface area contributed by atoms with Crippen LogP contribution >= 0.6 is 0 Å². The topological polar surface area (TPSA) is 29.4 Å². The molecule has 1 aliphatic rings. The molecular weight excluding hydrogens is 150 g/mol. The van der Waals surface area contributed by atoms with E-state index in [1.165, 1.54) is 5.71 Å². The van der Waals surface area contributed by atoms with Gasteiger partial charge in [-0.05, 0) is 26.2 Å². The van der Waals surface area contributed by atoms with E-state index >= 15 is 0 Å². The van der Waals surface area contributed by atoms with Crippen molar-refractivity contribution in [2.24, 2.45) is 10.9 Å². The highest BCUT2D eigenvalue weighted by Crippen LogP contribution is 2.12. The van der Waals surface area contributed by atoms with Gasteiger partial charge < -0.3 is 0 Å². The van der Waals surface area contributed by atoms with Crippen LogP contribution in [0.15, 0.2) is 17.3 Å². The molecule has 0 N–H and O–H groups in total. The van der Waals surface area contributed by atoms with Crippen LogP contribution in [0.5, 0.6) is 0 Å². The van der Waals surface area contributed by atoms with E-state index in [0.717, 1.165) is 19.3 Å². The minimum absolute atomic E-state index is 0.134. The molecule has 1 heterocycles. The summed E-state index contributed by atoms with van der Waals surface area (Å²) in [6, 6.07) is 0. The number of Topliss-reactive ketones (excluding diaryl/α,β-unsaturated/α-hetero) is 1. The molecule has 0 bridgehead atoms. The van der Waals surface area contributed by atoms with E-state index in [2.05, 4.69) is 11.1 Å². The van der Waals surface area contributed by atoms with Gasteiger partial charge in [-0.15, -0.1) is 0 Å². The van der Waals surface area contributed by atoms with Crippen molar-refractivity contribution in [1.29, 1.82) is 0 Å². The summed E-state index contributed by atoms with van der Waals surface area (Å²) in [5.41, 5.74) is 1.17. The summed E-state index contributed by atoms with van der Waals surface area (Å²) < 4.78 is 0. The average molecular weight is 165 g/mol. The van der Waals surface area contributed by atoms with E-state index in [1.807, 2.05) is 13.1 Å². The third kappa shape index (κ3) is 2.61. The Morgan fingerprint density at radius 1 is 1.75 bits per heavy atom. The molecule has 0 saturated carbocycles. The minimum atomic E-state index is 0.134. The lowest BCUT2D eigenvalue weighted by Crippen LogP contribution is -2.13. The van der Waals surface area contributed by atoms with Crippen molar-refractivity contribution in [2.75, 3.05) is 0 Å². The summed E-state index contributed by atoms with van der Waals surface area (Å²) in [4.78, 5) is 15.2. The number of hydrogen-bond donors (Lipinski definition) is 0. The second-order valence-corrected chi connectivity index (χ2v) is 3.33. The Hall–Kier alpha value is -0.920. The Balaban J connectivity index is 2.45. The maximum Gasteiger partial charge on any atom is 0.133 e. The Morgan fingerprint density at radius 2 is 2.50 bits per heavy atom. The summed E-state index contributed by atoms with van der Waals surface area (Å²) in [7, 11) is 0. The van der Waals surface area contributed by atoms with Crippen LogP contribution in [0, 0.1) is 5.92 Å². The molecule has 0 aliphatic carbocycles. The predicted molar refractivity (Wildman–Crippen MR) is 50.3 cm³/mol. The van der Waals surface area contributed by atoms with E-state index < -0.39 is 0 Å². The highest BCUT2D eigenvalue weighted by molar-refractivity contribution is 5.90. The van der Waals surface area contributed by atoms with Gasteiger partial charge in [0, 0.05) is 17.8 Å². The van der Waals surface area contributed by atoms with Gasteiger partial charge in [-0.25, -0.2) is 0 Å².